The number of carbonyl (C=O) groups excluding carboxylic acids is 2. The van der Waals surface area contributed by atoms with E-state index in [0.29, 0.717) is 30.3 Å². The third-order valence-corrected chi connectivity index (χ3v) is 5.65. The maximum absolute atomic E-state index is 13.3. The summed E-state index contributed by atoms with van der Waals surface area (Å²) in [6, 6.07) is 13.8. The van der Waals surface area contributed by atoms with Gasteiger partial charge in [0.1, 0.15) is 23.0 Å². The fourth-order valence-electron chi connectivity index (χ4n) is 4.14. The van der Waals surface area contributed by atoms with Crippen LogP contribution in [0.4, 0.5) is 0 Å². The number of amides is 1. The lowest BCUT2D eigenvalue weighted by atomic mass is 9.94. The molecule has 0 spiro atoms. The molecule has 8 nitrogen and oxygen atoms in total. The first-order chi connectivity index (χ1) is 16.9. The van der Waals surface area contributed by atoms with Gasteiger partial charge in [0, 0.05) is 25.0 Å². The van der Waals surface area contributed by atoms with Crippen molar-refractivity contribution in [3.8, 4) is 17.2 Å². The Morgan fingerprint density at radius 2 is 1.74 bits per heavy atom. The monoisotopic (exact) mass is 474 g/mol. The molecule has 1 amide bonds. The van der Waals surface area contributed by atoms with Crippen molar-refractivity contribution in [1.29, 1.82) is 0 Å². The van der Waals surface area contributed by atoms with Crippen molar-refractivity contribution in [1.82, 2.24) is 9.88 Å². The number of aliphatic hydroxyl groups is 1. The van der Waals surface area contributed by atoms with Gasteiger partial charge < -0.3 is 24.6 Å². The van der Waals surface area contributed by atoms with Crippen molar-refractivity contribution in [2.75, 3.05) is 13.2 Å². The molecule has 8 heteroatoms. The van der Waals surface area contributed by atoms with Gasteiger partial charge in [-0.25, -0.2) is 0 Å². The highest BCUT2D eigenvalue weighted by Gasteiger charge is 2.46. The summed E-state index contributed by atoms with van der Waals surface area (Å²) in [6.07, 6.45) is 3.20. The van der Waals surface area contributed by atoms with Gasteiger partial charge in [0.25, 0.3) is 11.7 Å². The van der Waals surface area contributed by atoms with E-state index in [2.05, 4.69) is 4.98 Å². The number of phenolic OH excluding ortho intramolecular Hbond substituents is 1. The fraction of sp³-hybridized carbons (Fsp3) is 0.222. The Morgan fingerprint density at radius 1 is 1.00 bits per heavy atom. The van der Waals surface area contributed by atoms with E-state index in [4.69, 9.17) is 9.47 Å². The highest BCUT2D eigenvalue weighted by atomic mass is 16.5. The lowest BCUT2D eigenvalue weighted by molar-refractivity contribution is -0.140. The van der Waals surface area contributed by atoms with Crippen molar-refractivity contribution < 1.29 is 29.3 Å². The highest BCUT2D eigenvalue weighted by molar-refractivity contribution is 6.46. The molecule has 35 heavy (non-hydrogen) atoms. The van der Waals surface area contributed by atoms with E-state index in [-0.39, 0.29) is 29.2 Å². The number of Topliss-reactive ketones (excluding diaryl/α,β-unsaturated/α-hetero) is 1. The molecule has 1 saturated heterocycles. The number of rotatable bonds is 8. The van der Waals surface area contributed by atoms with E-state index in [1.54, 1.807) is 61.8 Å². The molecule has 1 unspecified atom stereocenters. The molecule has 1 atom stereocenters. The lowest BCUT2D eigenvalue weighted by Gasteiger charge is -2.25. The average Bonchev–Trinajstić information content (AvgIpc) is 3.10. The first-order valence-electron chi connectivity index (χ1n) is 11.3. The number of nitrogens with zero attached hydrogens (tertiary/aromatic N) is 2. The van der Waals surface area contributed by atoms with Crippen LogP contribution in [-0.2, 0) is 16.1 Å². The van der Waals surface area contributed by atoms with E-state index in [0.717, 1.165) is 5.56 Å². The van der Waals surface area contributed by atoms with E-state index in [1.807, 2.05) is 6.92 Å². The van der Waals surface area contributed by atoms with Crippen LogP contribution in [0.5, 0.6) is 17.2 Å². The van der Waals surface area contributed by atoms with E-state index in [9.17, 15) is 19.8 Å². The van der Waals surface area contributed by atoms with Crippen LogP contribution in [0.15, 0.2) is 72.6 Å². The zero-order valence-electron chi connectivity index (χ0n) is 19.5. The maximum Gasteiger partial charge on any atom is 0.295 e. The normalized spacial score (nSPS) is 17.0. The third-order valence-electron chi connectivity index (χ3n) is 5.65. The van der Waals surface area contributed by atoms with Crippen LogP contribution in [0.3, 0.4) is 0 Å². The average molecular weight is 475 g/mol. The number of ketones is 1. The maximum atomic E-state index is 13.3. The summed E-state index contributed by atoms with van der Waals surface area (Å²) in [4.78, 5) is 31.8. The van der Waals surface area contributed by atoms with Gasteiger partial charge in [0.15, 0.2) is 0 Å². The fourth-order valence-corrected chi connectivity index (χ4v) is 4.14. The zero-order chi connectivity index (χ0) is 24.9. The second-order valence-electron chi connectivity index (χ2n) is 7.90. The van der Waals surface area contributed by atoms with Crippen molar-refractivity contribution in [3.63, 3.8) is 0 Å². The smallest absolute Gasteiger partial charge is 0.295 e. The third kappa shape index (κ3) is 4.82. The van der Waals surface area contributed by atoms with Crippen LogP contribution in [0, 0.1) is 0 Å². The lowest BCUT2D eigenvalue weighted by Crippen LogP contribution is -2.29. The Hall–Kier alpha value is -4.33. The summed E-state index contributed by atoms with van der Waals surface area (Å²) in [7, 11) is 0. The first kappa shape index (κ1) is 23.8. The van der Waals surface area contributed by atoms with Crippen LogP contribution in [-0.4, -0.2) is 45.0 Å². The molecule has 1 aliphatic rings. The molecule has 0 bridgehead atoms. The molecule has 3 aromatic rings. The van der Waals surface area contributed by atoms with Gasteiger partial charge in [0.2, 0.25) is 0 Å². The molecule has 0 saturated carbocycles. The van der Waals surface area contributed by atoms with Crippen LogP contribution >= 0.6 is 0 Å². The van der Waals surface area contributed by atoms with Crippen molar-refractivity contribution in [2.24, 2.45) is 0 Å². The van der Waals surface area contributed by atoms with Gasteiger partial charge in [-0.3, -0.25) is 14.6 Å². The number of aromatic nitrogens is 1. The minimum Gasteiger partial charge on any atom is -0.508 e. The largest absolute Gasteiger partial charge is 0.508 e. The molecule has 2 heterocycles. The summed E-state index contributed by atoms with van der Waals surface area (Å²) in [5.41, 5.74) is 1.44. The zero-order valence-corrected chi connectivity index (χ0v) is 19.5. The molecular formula is C27H26N2O6. The highest BCUT2D eigenvalue weighted by Crippen LogP contribution is 2.42. The number of hydrogen-bond donors (Lipinski definition) is 2. The Bertz CT molecular complexity index is 1270. The number of carbonyl (C=O) groups is 2. The standard InChI is InChI=1S/C27H26N2O6/c1-3-34-20-8-9-21(22(15-20)35-4-2)25(31)23-24(18-6-5-7-19(30)14-18)29(27(33)26(23)32)16-17-10-12-28-13-11-17/h5-15,24,30-31H,3-4,16H2,1-2H3/b25-23-. The number of hydrogen-bond acceptors (Lipinski definition) is 7. The van der Waals surface area contributed by atoms with Gasteiger partial charge in [-0.05, 0) is 61.4 Å². The number of ether oxygens (including phenoxy) is 2. The first-order valence-corrected chi connectivity index (χ1v) is 11.3. The summed E-state index contributed by atoms with van der Waals surface area (Å²) >= 11 is 0. The number of pyridine rings is 1. The van der Waals surface area contributed by atoms with E-state index in [1.165, 1.54) is 17.0 Å². The van der Waals surface area contributed by atoms with Crippen LogP contribution in [0.1, 0.15) is 36.6 Å². The van der Waals surface area contributed by atoms with Gasteiger partial charge >= 0.3 is 0 Å². The summed E-state index contributed by atoms with van der Waals surface area (Å²) in [5, 5.41) is 21.5. The second-order valence-corrected chi connectivity index (χ2v) is 7.90. The Kier molecular flexibility index (Phi) is 7.01. The molecule has 2 aromatic carbocycles. The molecule has 180 valence electrons. The quantitative estimate of drug-likeness (QED) is 0.286. The molecule has 0 radical (unpaired) electrons. The van der Waals surface area contributed by atoms with E-state index < -0.39 is 17.7 Å². The summed E-state index contributed by atoms with van der Waals surface area (Å²) < 4.78 is 11.3. The summed E-state index contributed by atoms with van der Waals surface area (Å²) in [5.74, 6) is -1.07. The molecule has 1 aliphatic heterocycles. The number of benzene rings is 2. The predicted molar refractivity (Wildman–Crippen MR) is 129 cm³/mol. The van der Waals surface area contributed by atoms with Crippen molar-refractivity contribution >= 4 is 17.4 Å². The van der Waals surface area contributed by atoms with Gasteiger partial charge in [0.05, 0.1) is 30.4 Å². The minimum absolute atomic E-state index is 0.0203. The second kappa shape index (κ2) is 10.3. The minimum atomic E-state index is -0.920. The molecular weight excluding hydrogens is 448 g/mol. The SMILES string of the molecule is CCOc1ccc(/C(O)=C2/C(=O)C(=O)N(Cc3ccncc3)C2c2cccc(O)c2)c(OCC)c1. The van der Waals surface area contributed by atoms with Gasteiger partial charge in [-0.1, -0.05) is 12.1 Å². The molecule has 4 rings (SSSR count). The number of aliphatic hydroxyl groups excluding tert-OH is 1. The Morgan fingerprint density at radius 3 is 2.43 bits per heavy atom. The molecule has 0 aliphatic carbocycles. The predicted octanol–water partition coefficient (Wildman–Crippen LogP) is 4.21. The van der Waals surface area contributed by atoms with Crippen LogP contribution < -0.4 is 9.47 Å². The van der Waals surface area contributed by atoms with Crippen molar-refractivity contribution in [2.45, 2.75) is 26.4 Å². The van der Waals surface area contributed by atoms with Gasteiger partial charge in [-0.15, -0.1) is 0 Å². The Balaban J connectivity index is 1.88. The van der Waals surface area contributed by atoms with Gasteiger partial charge in [-0.2, -0.15) is 0 Å². The van der Waals surface area contributed by atoms with E-state index >= 15 is 0 Å². The molecule has 1 aromatic heterocycles. The molecule has 2 N–H and O–H groups in total. The number of likely N-dealkylation sites (tertiary alicyclic amines) is 1. The number of aromatic hydroxyl groups is 1. The van der Waals surface area contributed by atoms with Crippen LogP contribution in [0.2, 0.25) is 0 Å². The molecule has 1 fully saturated rings. The topological polar surface area (TPSA) is 109 Å². The Labute approximate surface area is 203 Å². The summed E-state index contributed by atoms with van der Waals surface area (Å²) in [6.45, 7) is 4.55. The van der Waals surface area contributed by atoms with Crippen LogP contribution in [0.25, 0.3) is 5.76 Å². The van der Waals surface area contributed by atoms with Crippen molar-refractivity contribution in [3.05, 3.63) is 89.3 Å². The number of phenols is 1.